The molecule has 0 fully saturated rings. The molecule has 1 amide bonds. The Bertz CT molecular complexity index is 409. The molecule has 1 heterocycles. The molecule has 82 valence electrons. The van der Waals surface area contributed by atoms with E-state index in [0.29, 0.717) is 6.42 Å². The van der Waals surface area contributed by atoms with Gasteiger partial charge in [-0.15, -0.1) is 0 Å². The predicted molar refractivity (Wildman–Crippen MR) is 58.6 cm³/mol. The quantitative estimate of drug-likeness (QED) is 0.801. The monoisotopic (exact) mass is 208 g/mol. The van der Waals surface area contributed by atoms with Gasteiger partial charge in [-0.05, 0) is 25.0 Å². The number of primary amides is 1. The highest BCUT2D eigenvalue weighted by Gasteiger charge is 2.16. The molecule has 2 N–H and O–H groups in total. The Hall–Kier alpha value is -1.58. The van der Waals surface area contributed by atoms with Gasteiger partial charge in [0.15, 0.2) is 0 Å². The van der Waals surface area contributed by atoms with Crippen LogP contribution in [0.3, 0.4) is 0 Å². The number of carbonyl (C=O) groups excluding carboxylic acids is 1. The van der Waals surface area contributed by atoms with Crippen LogP contribution in [0.4, 0.5) is 0 Å². The van der Waals surface area contributed by atoms with Crippen LogP contribution in [0.15, 0.2) is 23.1 Å². The highest BCUT2D eigenvalue weighted by atomic mass is 16.2. The highest BCUT2D eigenvalue weighted by molar-refractivity contribution is 5.78. The molecule has 0 aliphatic carbocycles. The van der Waals surface area contributed by atoms with Crippen LogP contribution in [0.5, 0.6) is 0 Å². The van der Waals surface area contributed by atoms with E-state index in [4.69, 9.17) is 5.73 Å². The number of rotatable bonds is 4. The summed E-state index contributed by atoms with van der Waals surface area (Å²) in [5.41, 5.74) is 5.97. The van der Waals surface area contributed by atoms with E-state index in [0.717, 1.165) is 12.0 Å². The number of pyridine rings is 1. The van der Waals surface area contributed by atoms with Gasteiger partial charge < -0.3 is 10.3 Å². The predicted octanol–water partition coefficient (Wildman–Crippen LogP) is 0.983. The van der Waals surface area contributed by atoms with Gasteiger partial charge in [-0.25, -0.2) is 0 Å². The van der Waals surface area contributed by atoms with Crippen LogP contribution in [-0.2, 0) is 4.79 Å². The molecular formula is C11H16N2O2. The second kappa shape index (κ2) is 4.77. The van der Waals surface area contributed by atoms with Gasteiger partial charge in [-0.3, -0.25) is 9.59 Å². The van der Waals surface area contributed by atoms with Crippen molar-refractivity contribution in [3.05, 3.63) is 34.2 Å². The molecule has 0 aliphatic heterocycles. The summed E-state index contributed by atoms with van der Waals surface area (Å²) in [7, 11) is 0. The van der Waals surface area contributed by atoms with Crippen molar-refractivity contribution in [3.63, 3.8) is 0 Å². The first-order valence-corrected chi connectivity index (χ1v) is 5.04. The lowest BCUT2D eigenvalue weighted by atomic mass is 10.1. The zero-order valence-electron chi connectivity index (χ0n) is 9.06. The molecule has 15 heavy (non-hydrogen) atoms. The summed E-state index contributed by atoms with van der Waals surface area (Å²) in [6.45, 7) is 3.79. The summed E-state index contributed by atoms with van der Waals surface area (Å²) in [6, 6.07) is 2.78. The van der Waals surface area contributed by atoms with E-state index in [1.807, 2.05) is 13.8 Å². The van der Waals surface area contributed by atoms with E-state index in [-0.39, 0.29) is 5.56 Å². The van der Waals surface area contributed by atoms with Gasteiger partial charge in [0.25, 0.3) is 5.56 Å². The third-order valence-electron chi connectivity index (χ3n) is 2.33. The fraction of sp³-hybridized carbons (Fsp3) is 0.455. The van der Waals surface area contributed by atoms with E-state index in [9.17, 15) is 9.59 Å². The molecule has 0 radical (unpaired) electrons. The number of nitrogens with zero attached hydrogens (tertiary/aromatic N) is 1. The molecule has 1 unspecified atom stereocenters. The summed E-state index contributed by atoms with van der Waals surface area (Å²) in [6.07, 6.45) is 3.04. The Morgan fingerprint density at radius 2 is 2.27 bits per heavy atom. The second-order valence-electron chi connectivity index (χ2n) is 3.66. The van der Waals surface area contributed by atoms with E-state index in [1.165, 1.54) is 10.6 Å². The minimum Gasteiger partial charge on any atom is -0.368 e. The van der Waals surface area contributed by atoms with Crippen LogP contribution < -0.4 is 11.3 Å². The largest absolute Gasteiger partial charge is 0.368 e. The summed E-state index contributed by atoms with van der Waals surface area (Å²) in [4.78, 5) is 22.8. The van der Waals surface area contributed by atoms with Gasteiger partial charge in [-0.1, -0.05) is 13.3 Å². The third-order valence-corrected chi connectivity index (χ3v) is 2.33. The lowest BCUT2D eigenvalue weighted by Crippen LogP contribution is -2.33. The number of amides is 1. The van der Waals surface area contributed by atoms with Gasteiger partial charge in [0.1, 0.15) is 6.04 Å². The first kappa shape index (κ1) is 11.5. The van der Waals surface area contributed by atoms with Gasteiger partial charge in [0.2, 0.25) is 5.91 Å². The SMILES string of the molecule is CCCC(C(N)=O)n1ccc(C)cc1=O. The van der Waals surface area contributed by atoms with E-state index in [2.05, 4.69) is 0 Å². The average Bonchev–Trinajstić information content (AvgIpc) is 2.15. The molecule has 1 rings (SSSR count). The van der Waals surface area contributed by atoms with E-state index < -0.39 is 11.9 Å². The Morgan fingerprint density at radius 1 is 1.60 bits per heavy atom. The Balaban J connectivity index is 3.11. The lowest BCUT2D eigenvalue weighted by molar-refractivity contribution is -0.121. The lowest BCUT2D eigenvalue weighted by Gasteiger charge is -2.15. The first-order chi connectivity index (χ1) is 7.06. The molecule has 4 nitrogen and oxygen atoms in total. The van der Waals surface area contributed by atoms with Gasteiger partial charge in [-0.2, -0.15) is 0 Å². The highest BCUT2D eigenvalue weighted by Crippen LogP contribution is 2.10. The Morgan fingerprint density at radius 3 is 2.73 bits per heavy atom. The fourth-order valence-electron chi connectivity index (χ4n) is 1.54. The average molecular weight is 208 g/mol. The second-order valence-corrected chi connectivity index (χ2v) is 3.66. The molecule has 1 aromatic rings. The van der Waals surface area contributed by atoms with Crippen LogP contribution in [0, 0.1) is 6.92 Å². The minimum absolute atomic E-state index is 0.174. The van der Waals surface area contributed by atoms with E-state index >= 15 is 0 Å². The molecule has 0 bridgehead atoms. The molecular weight excluding hydrogens is 192 g/mol. The maximum atomic E-state index is 11.6. The van der Waals surface area contributed by atoms with Gasteiger partial charge in [0.05, 0.1) is 0 Å². The molecule has 1 aromatic heterocycles. The number of aryl methyl sites for hydroxylation is 1. The van der Waals surface area contributed by atoms with Crippen molar-refractivity contribution >= 4 is 5.91 Å². The topological polar surface area (TPSA) is 65.1 Å². The molecule has 0 saturated carbocycles. The summed E-state index contributed by atoms with van der Waals surface area (Å²) in [5, 5.41) is 0. The van der Waals surface area contributed by atoms with Crippen LogP contribution in [0.1, 0.15) is 31.4 Å². The number of aromatic nitrogens is 1. The maximum absolute atomic E-state index is 11.6. The minimum atomic E-state index is -0.525. The van der Waals surface area contributed by atoms with Crippen molar-refractivity contribution in [2.24, 2.45) is 5.73 Å². The molecule has 0 saturated heterocycles. The Kier molecular flexibility index (Phi) is 3.66. The maximum Gasteiger partial charge on any atom is 0.251 e. The normalized spacial score (nSPS) is 12.4. The van der Waals surface area contributed by atoms with Crippen molar-refractivity contribution in [1.82, 2.24) is 4.57 Å². The zero-order valence-corrected chi connectivity index (χ0v) is 9.06. The molecule has 0 aromatic carbocycles. The fourth-order valence-corrected chi connectivity index (χ4v) is 1.54. The van der Waals surface area contributed by atoms with Crippen molar-refractivity contribution in [2.45, 2.75) is 32.7 Å². The van der Waals surface area contributed by atoms with Crippen molar-refractivity contribution in [1.29, 1.82) is 0 Å². The summed E-state index contributed by atoms with van der Waals surface area (Å²) in [5.74, 6) is -0.456. The number of hydrogen-bond donors (Lipinski definition) is 1. The van der Waals surface area contributed by atoms with Gasteiger partial charge in [0, 0.05) is 12.3 Å². The van der Waals surface area contributed by atoms with Crippen LogP contribution in [0.25, 0.3) is 0 Å². The smallest absolute Gasteiger partial charge is 0.251 e. The standard InChI is InChI=1S/C11H16N2O2/c1-3-4-9(11(12)15)13-6-5-8(2)7-10(13)14/h5-7,9H,3-4H2,1-2H3,(H2,12,15). The first-order valence-electron chi connectivity index (χ1n) is 5.04. The van der Waals surface area contributed by atoms with Crippen LogP contribution in [0.2, 0.25) is 0 Å². The summed E-state index contributed by atoms with van der Waals surface area (Å²) < 4.78 is 1.40. The van der Waals surface area contributed by atoms with Crippen molar-refractivity contribution in [2.75, 3.05) is 0 Å². The van der Waals surface area contributed by atoms with Gasteiger partial charge >= 0.3 is 0 Å². The number of nitrogens with two attached hydrogens (primary N) is 1. The van der Waals surface area contributed by atoms with Crippen molar-refractivity contribution < 1.29 is 4.79 Å². The van der Waals surface area contributed by atoms with Crippen LogP contribution >= 0.6 is 0 Å². The molecule has 0 aliphatic rings. The van der Waals surface area contributed by atoms with Crippen molar-refractivity contribution in [3.8, 4) is 0 Å². The molecule has 0 spiro atoms. The third kappa shape index (κ3) is 2.68. The van der Waals surface area contributed by atoms with Crippen LogP contribution in [-0.4, -0.2) is 10.5 Å². The zero-order chi connectivity index (χ0) is 11.4. The number of carbonyl (C=O) groups is 1. The molecule has 1 atom stereocenters. The summed E-state index contributed by atoms with van der Waals surface area (Å²) >= 11 is 0. The van der Waals surface area contributed by atoms with E-state index in [1.54, 1.807) is 12.3 Å². The number of hydrogen-bond acceptors (Lipinski definition) is 2. The molecule has 4 heteroatoms. The Labute approximate surface area is 88.7 Å².